The van der Waals surface area contributed by atoms with E-state index in [1.165, 1.54) is 12.1 Å². The van der Waals surface area contributed by atoms with Gasteiger partial charge in [-0.15, -0.1) is 0 Å². The molecule has 2 aromatic rings. The van der Waals surface area contributed by atoms with Crippen LogP contribution >= 0.6 is 0 Å². The van der Waals surface area contributed by atoms with Crippen molar-refractivity contribution in [2.75, 3.05) is 36.8 Å². The Morgan fingerprint density at radius 1 is 0.816 bits per heavy atom. The molecule has 0 aromatic carbocycles. The number of hydrogen-bond donors (Lipinski definition) is 3. The predicted octanol–water partition coefficient (Wildman–Crippen LogP) is 5.34. The number of pyridine rings is 2. The van der Waals surface area contributed by atoms with Crippen LogP contribution in [0, 0.1) is 5.92 Å². The predicted molar refractivity (Wildman–Crippen MR) is 157 cm³/mol. The number of piperidine rings is 1. The van der Waals surface area contributed by atoms with E-state index in [1.54, 1.807) is 0 Å². The molecular weight excluding hydrogens is 472 g/mol. The number of nitrogens with one attached hydrogen (secondary N) is 3. The SMILES string of the molecule is CC(C)(C)c1cc(NC2CCN(C(=O)C3CCC3)CC2)ccn1.CC(C)(C)c1cc(NC2CNC2)ccn1. The second kappa shape index (κ2) is 12.0. The first-order chi connectivity index (χ1) is 18.0. The lowest BCUT2D eigenvalue weighted by molar-refractivity contribution is -0.139. The molecule has 2 aromatic heterocycles. The van der Waals surface area contributed by atoms with Crippen LogP contribution in [0.4, 0.5) is 11.4 Å². The Morgan fingerprint density at radius 2 is 1.32 bits per heavy atom. The van der Waals surface area contributed by atoms with Crippen LogP contribution in [0.1, 0.15) is 85.0 Å². The van der Waals surface area contributed by atoms with Crippen LogP contribution < -0.4 is 16.0 Å². The highest BCUT2D eigenvalue weighted by molar-refractivity contribution is 5.79. The molecule has 1 aliphatic carbocycles. The minimum atomic E-state index is 0.0657. The van der Waals surface area contributed by atoms with Crippen molar-refractivity contribution in [2.45, 2.75) is 96.6 Å². The molecule has 2 aliphatic heterocycles. The Bertz CT molecular complexity index is 1060. The topological polar surface area (TPSA) is 82.2 Å². The van der Waals surface area contributed by atoms with Gasteiger partial charge in [-0.2, -0.15) is 0 Å². The lowest BCUT2D eigenvalue weighted by Crippen LogP contribution is -2.51. The van der Waals surface area contributed by atoms with Crippen LogP contribution in [-0.4, -0.2) is 59.0 Å². The van der Waals surface area contributed by atoms with E-state index < -0.39 is 0 Å². The van der Waals surface area contributed by atoms with E-state index in [1.807, 2.05) is 24.5 Å². The van der Waals surface area contributed by atoms with Gasteiger partial charge in [0.1, 0.15) is 0 Å². The number of aromatic nitrogens is 2. The molecule has 3 fully saturated rings. The minimum absolute atomic E-state index is 0.0657. The fraction of sp³-hybridized carbons (Fsp3) is 0.645. The van der Waals surface area contributed by atoms with Gasteiger partial charge in [0.25, 0.3) is 0 Å². The summed E-state index contributed by atoms with van der Waals surface area (Å²) in [6.07, 6.45) is 9.27. The highest BCUT2D eigenvalue weighted by atomic mass is 16.2. The molecule has 38 heavy (non-hydrogen) atoms. The van der Waals surface area contributed by atoms with Crippen LogP contribution in [-0.2, 0) is 15.6 Å². The van der Waals surface area contributed by atoms with Gasteiger partial charge in [0.2, 0.25) is 5.91 Å². The molecule has 4 heterocycles. The highest BCUT2D eigenvalue weighted by Crippen LogP contribution is 2.30. The van der Waals surface area contributed by atoms with Crippen molar-refractivity contribution in [1.29, 1.82) is 0 Å². The fourth-order valence-corrected chi connectivity index (χ4v) is 4.88. The van der Waals surface area contributed by atoms with Gasteiger partial charge < -0.3 is 20.9 Å². The number of hydrogen-bond acceptors (Lipinski definition) is 6. The molecule has 7 nitrogen and oxygen atoms in total. The number of carbonyl (C=O) groups is 1. The largest absolute Gasteiger partial charge is 0.382 e. The first kappa shape index (κ1) is 28.3. The molecule has 0 unspecified atom stereocenters. The van der Waals surface area contributed by atoms with Crippen molar-refractivity contribution in [1.82, 2.24) is 20.2 Å². The summed E-state index contributed by atoms with van der Waals surface area (Å²) in [5.74, 6) is 0.725. The summed E-state index contributed by atoms with van der Waals surface area (Å²) in [4.78, 5) is 23.3. The number of nitrogens with zero attached hydrogens (tertiary/aromatic N) is 3. The quantitative estimate of drug-likeness (QED) is 0.493. The second-order valence-electron chi connectivity index (χ2n) is 13.2. The molecule has 0 spiro atoms. The van der Waals surface area contributed by atoms with E-state index >= 15 is 0 Å². The van der Waals surface area contributed by atoms with Crippen molar-refractivity contribution in [3.8, 4) is 0 Å². The summed E-state index contributed by atoms with van der Waals surface area (Å²) < 4.78 is 0. The zero-order valence-corrected chi connectivity index (χ0v) is 24.3. The zero-order valence-electron chi connectivity index (χ0n) is 24.3. The Balaban J connectivity index is 0.000000194. The van der Waals surface area contributed by atoms with Crippen molar-refractivity contribution in [3.05, 3.63) is 48.0 Å². The number of rotatable bonds is 5. The number of carbonyl (C=O) groups excluding carboxylic acids is 1. The van der Waals surface area contributed by atoms with E-state index in [-0.39, 0.29) is 10.8 Å². The van der Waals surface area contributed by atoms with Crippen LogP contribution in [0.5, 0.6) is 0 Å². The van der Waals surface area contributed by atoms with Gasteiger partial charge in [0.15, 0.2) is 0 Å². The van der Waals surface area contributed by atoms with E-state index in [2.05, 4.69) is 84.5 Å². The maximum atomic E-state index is 12.3. The molecule has 208 valence electrons. The summed E-state index contributed by atoms with van der Waals surface area (Å²) in [6.45, 7) is 17.0. The van der Waals surface area contributed by atoms with Gasteiger partial charge in [-0.1, -0.05) is 48.0 Å². The smallest absolute Gasteiger partial charge is 0.225 e. The summed E-state index contributed by atoms with van der Waals surface area (Å²) in [5, 5.41) is 10.4. The van der Waals surface area contributed by atoms with Crippen LogP contribution in [0.15, 0.2) is 36.7 Å². The molecule has 3 N–H and O–H groups in total. The molecule has 1 saturated carbocycles. The second-order valence-corrected chi connectivity index (χ2v) is 13.2. The van der Waals surface area contributed by atoms with Crippen molar-refractivity contribution >= 4 is 17.3 Å². The molecule has 0 atom stereocenters. The van der Waals surface area contributed by atoms with Crippen molar-refractivity contribution in [3.63, 3.8) is 0 Å². The summed E-state index contributed by atoms with van der Waals surface area (Å²) in [6, 6.07) is 9.43. The number of anilines is 2. The van der Waals surface area contributed by atoms with Gasteiger partial charge in [0.05, 0.1) is 6.04 Å². The third kappa shape index (κ3) is 7.68. The Kier molecular flexibility index (Phi) is 8.96. The summed E-state index contributed by atoms with van der Waals surface area (Å²) in [7, 11) is 0. The molecular formula is C31H48N6O. The lowest BCUT2D eigenvalue weighted by atomic mass is 9.84. The van der Waals surface area contributed by atoms with Gasteiger partial charge in [-0.25, -0.2) is 0 Å². The Morgan fingerprint density at radius 3 is 1.71 bits per heavy atom. The highest BCUT2D eigenvalue weighted by Gasteiger charge is 2.31. The van der Waals surface area contributed by atoms with E-state index in [4.69, 9.17) is 0 Å². The normalized spacial score (nSPS) is 19.1. The van der Waals surface area contributed by atoms with Crippen LogP contribution in [0.3, 0.4) is 0 Å². The van der Waals surface area contributed by atoms with Crippen molar-refractivity contribution < 1.29 is 4.79 Å². The van der Waals surface area contributed by atoms with Gasteiger partial charge in [-0.3, -0.25) is 14.8 Å². The lowest BCUT2D eigenvalue weighted by Gasteiger charge is -2.37. The third-order valence-electron chi connectivity index (χ3n) is 7.84. The molecule has 7 heteroatoms. The van der Waals surface area contributed by atoms with E-state index in [0.29, 0.717) is 23.9 Å². The number of amides is 1. The fourth-order valence-electron chi connectivity index (χ4n) is 4.88. The van der Waals surface area contributed by atoms with Gasteiger partial charge >= 0.3 is 0 Å². The van der Waals surface area contributed by atoms with Gasteiger partial charge in [0, 0.05) is 84.1 Å². The summed E-state index contributed by atoms with van der Waals surface area (Å²) >= 11 is 0. The molecule has 3 aliphatic rings. The average Bonchev–Trinajstić information content (AvgIpc) is 2.81. The first-order valence-electron chi connectivity index (χ1n) is 14.4. The third-order valence-corrected chi connectivity index (χ3v) is 7.84. The van der Waals surface area contributed by atoms with Crippen LogP contribution in [0.25, 0.3) is 0 Å². The van der Waals surface area contributed by atoms with E-state index in [9.17, 15) is 4.79 Å². The minimum Gasteiger partial charge on any atom is -0.382 e. The summed E-state index contributed by atoms with van der Waals surface area (Å²) in [5.41, 5.74) is 4.77. The molecule has 0 bridgehead atoms. The average molecular weight is 521 g/mol. The molecule has 5 rings (SSSR count). The molecule has 0 radical (unpaired) electrons. The molecule has 2 saturated heterocycles. The standard InChI is InChI=1S/C19H29N3O.C12H19N3/c1-19(2,3)17-13-16(7-10-20-17)21-15-8-11-22(12-9-15)18(23)14-5-4-6-14;1-12(2,3)11-6-9(4-5-14-11)15-10-7-13-8-10/h7,10,13-15H,4-6,8-9,11-12H2,1-3H3,(H,20,21);4-6,10,13H,7-8H2,1-3H3,(H,14,15). The van der Waals surface area contributed by atoms with Gasteiger partial charge in [-0.05, 0) is 49.9 Å². The maximum absolute atomic E-state index is 12.3. The van der Waals surface area contributed by atoms with E-state index in [0.717, 1.165) is 68.9 Å². The van der Waals surface area contributed by atoms with Crippen molar-refractivity contribution in [2.24, 2.45) is 5.92 Å². The monoisotopic (exact) mass is 520 g/mol. The molecule has 1 amide bonds. The first-order valence-corrected chi connectivity index (χ1v) is 14.4. The Hall–Kier alpha value is -2.67. The maximum Gasteiger partial charge on any atom is 0.225 e. The number of likely N-dealkylation sites (tertiary alicyclic amines) is 1. The van der Waals surface area contributed by atoms with Crippen LogP contribution in [0.2, 0.25) is 0 Å². The Labute approximate surface area is 229 Å². The zero-order chi connectivity index (χ0) is 27.3.